The van der Waals surface area contributed by atoms with E-state index in [4.69, 9.17) is 16.3 Å². The molecule has 1 aliphatic rings. The molecule has 0 radical (unpaired) electrons. The molecule has 1 fully saturated rings. The number of morpholine rings is 1. The molecule has 170 valence electrons. The van der Waals surface area contributed by atoms with Gasteiger partial charge < -0.3 is 4.74 Å². The van der Waals surface area contributed by atoms with Crippen molar-refractivity contribution in [3.8, 4) is 0 Å². The standard InChI is InChI=1S/C22H24ClN3O4S2/c1-32(28,29)18-6-3-16(4-7-18)21(27)26(10-2-9-25-11-13-30-14-12-25)22-24-19-8-5-17(23)15-20(19)31-22/h3-8,15H,2,9-14H2,1H3. The van der Waals surface area contributed by atoms with Crippen molar-refractivity contribution in [1.29, 1.82) is 0 Å². The van der Waals surface area contributed by atoms with E-state index in [1.807, 2.05) is 12.1 Å². The number of ether oxygens (including phenoxy) is 1. The Morgan fingerprint density at radius 1 is 1.19 bits per heavy atom. The van der Waals surface area contributed by atoms with Crippen LogP contribution in [-0.4, -0.2) is 69.9 Å². The third-order valence-electron chi connectivity index (χ3n) is 5.30. The number of hydrogen-bond acceptors (Lipinski definition) is 7. The molecule has 0 aliphatic carbocycles. The van der Waals surface area contributed by atoms with Gasteiger partial charge in [0.1, 0.15) is 0 Å². The Bertz CT molecular complexity index is 1210. The summed E-state index contributed by atoms with van der Waals surface area (Å²) in [7, 11) is -3.33. The van der Waals surface area contributed by atoms with Crippen molar-refractivity contribution in [2.75, 3.05) is 50.5 Å². The highest BCUT2D eigenvalue weighted by Crippen LogP contribution is 2.31. The van der Waals surface area contributed by atoms with E-state index >= 15 is 0 Å². The first-order valence-electron chi connectivity index (χ1n) is 10.3. The number of benzene rings is 2. The van der Waals surface area contributed by atoms with Crippen LogP contribution in [0.2, 0.25) is 5.02 Å². The second kappa shape index (κ2) is 9.84. The maximum atomic E-state index is 13.4. The maximum Gasteiger partial charge on any atom is 0.260 e. The number of aromatic nitrogens is 1. The zero-order valence-corrected chi connectivity index (χ0v) is 20.0. The molecular weight excluding hydrogens is 470 g/mol. The summed E-state index contributed by atoms with van der Waals surface area (Å²) in [5.74, 6) is -0.211. The number of thiazole rings is 1. The lowest BCUT2D eigenvalue weighted by atomic mass is 10.2. The summed E-state index contributed by atoms with van der Waals surface area (Å²) in [5, 5.41) is 1.22. The van der Waals surface area contributed by atoms with Crippen molar-refractivity contribution in [3.05, 3.63) is 53.1 Å². The van der Waals surface area contributed by atoms with Gasteiger partial charge in [-0.15, -0.1) is 0 Å². The van der Waals surface area contributed by atoms with E-state index < -0.39 is 9.84 Å². The Morgan fingerprint density at radius 2 is 1.91 bits per heavy atom. The maximum absolute atomic E-state index is 13.4. The molecule has 32 heavy (non-hydrogen) atoms. The topological polar surface area (TPSA) is 79.8 Å². The minimum absolute atomic E-state index is 0.183. The lowest BCUT2D eigenvalue weighted by Gasteiger charge is -2.27. The van der Waals surface area contributed by atoms with Gasteiger partial charge in [-0.25, -0.2) is 13.4 Å². The van der Waals surface area contributed by atoms with Crippen LogP contribution in [0.4, 0.5) is 5.13 Å². The number of amides is 1. The van der Waals surface area contributed by atoms with Crippen LogP contribution in [0.3, 0.4) is 0 Å². The molecule has 1 amide bonds. The van der Waals surface area contributed by atoms with Crippen LogP contribution in [0.15, 0.2) is 47.4 Å². The fourth-order valence-corrected chi connectivity index (χ4v) is 5.46. The van der Waals surface area contributed by atoms with Crippen LogP contribution < -0.4 is 4.90 Å². The van der Waals surface area contributed by atoms with Gasteiger partial charge in [-0.05, 0) is 48.9 Å². The molecule has 2 aromatic carbocycles. The minimum Gasteiger partial charge on any atom is -0.379 e. The number of nitrogens with zero attached hydrogens (tertiary/aromatic N) is 3. The Labute approximate surface area is 196 Å². The summed E-state index contributed by atoms with van der Waals surface area (Å²) < 4.78 is 29.8. The summed E-state index contributed by atoms with van der Waals surface area (Å²) >= 11 is 7.54. The molecule has 0 saturated carbocycles. The third kappa shape index (κ3) is 5.47. The van der Waals surface area contributed by atoms with Crippen molar-refractivity contribution < 1.29 is 17.9 Å². The number of halogens is 1. The molecule has 0 bridgehead atoms. The van der Waals surface area contributed by atoms with Crippen LogP contribution in [0.5, 0.6) is 0 Å². The molecule has 4 rings (SSSR count). The Kier molecular flexibility index (Phi) is 7.11. The largest absolute Gasteiger partial charge is 0.379 e. The first-order valence-corrected chi connectivity index (χ1v) is 13.4. The van der Waals surface area contributed by atoms with Gasteiger partial charge in [-0.1, -0.05) is 22.9 Å². The van der Waals surface area contributed by atoms with Crippen LogP contribution in [0.25, 0.3) is 10.2 Å². The molecule has 1 saturated heterocycles. The third-order valence-corrected chi connectivity index (χ3v) is 7.71. The summed E-state index contributed by atoms with van der Waals surface area (Å²) in [4.78, 5) is 22.3. The number of hydrogen-bond donors (Lipinski definition) is 0. The van der Waals surface area contributed by atoms with E-state index in [0.29, 0.717) is 22.3 Å². The summed E-state index contributed by atoms with van der Waals surface area (Å²) in [6.45, 7) is 4.59. The van der Waals surface area contributed by atoms with Crippen molar-refractivity contribution >= 4 is 54.0 Å². The van der Waals surface area contributed by atoms with Gasteiger partial charge in [-0.3, -0.25) is 14.6 Å². The fraction of sp³-hybridized carbons (Fsp3) is 0.364. The van der Waals surface area contributed by atoms with E-state index in [-0.39, 0.29) is 10.8 Å². The zero-order chi connectivity index (χ0) is 22.7. The Hall–Kier alpha value is -2.04. The average molecular weight is 494 g/mol. The quantitative estimate of drug-likeness (QED) is 0.499. The van der Waals surface area contributed by atoms with Gasteiger partial charge >= 0.3 is 0 Å². The highest BCUT2D eigenvalue weighted by Gasteiger charge is 2.22. The highest BCUT2D eigenvalue weighted by atomic mass is 35.5. The van der Waals surface area contributed by atoms with Gasteiger partial charge in [0.25, 0.3) is 5.91 Å². The van der Waals surface area contributed by atoms with E-state index in [9.17, 15) is 13.2 Å². The number of fused-ring (bicyclic) bond motifs is 1. The number of carbonyl (C=O) groups is 1. The monoisotopic (exact) mass is 493 g/mol. The van der Waals surface area contributed by atoms with Crippen LogP contribution >= 0.6 is 22.9 Å². The van der Waals surface area contributed by atoms with Crippen molar-refractivity contribution in [2.45, 2.75) is 11.3 Å². The first-order chi connectivity index (χ1) is 15.3. The molecule has 0 atom stereocenters. The Morgan fingerprint density at radius 3 is 2.59 bits per heavy atom. The summed E-state index contributed by atoms with van der Waals surface area (Å²) in [6, 6.07) is 11.5. The minimum atomic E-state index is -3.33. The van der Waals surface area contributed by atoms with Crippen molar-refractivity contribution in [1.82, 2.24) is 9.88 Å². The van der Waals surface area contributed by atoms with Crippen molar-refractivity contribution in [3.63, 3.8) is 0 Å². The fourth-order valence-electron chi connectivity index (χ4n) is 3.56. The SMILES string of the molecule is CS(=O)(=O)c1ccc(C(=O)N(CCCN2CCOCC2)c2nc3ccc(Cl)cc3s2)cc1. The molecule has 10 heteroatoms. The van der Waals surface area contributed by atoms with Gasteiger partial charge in [0, 0.05) is 43.0 Å². The van der Waals surface area contributed by atoms with Crippen LogP contribution in [-0.2, 0) is 14.6 Å². The molecule has 2 heterocycles. The van der Waals surface area contributed by atoms with Gasteiger partial charge in [0.2, 0.25) is 0 Å². The normalized spacial score (nSPS) is 15.2. The zero-order valence-electron chi connectivity index (χ0n) is 17.7. The van der Waals surface area contributed by atoms with E-state index in [0.717, 1.165) is 55.7 Å². The van der Waals surface area contributed by atoms with Crippen LogP contribution in [0.1, 0.15) is 16.8 Å². The molecule has 7 nitrogen and oxygen atoms in total. The first kappa shape index (κ1) is 23.1. The van der Waals surface area contributed by atoms with Crippen molar-refractivity contribution in [2.24, 2.45) is 0 Å². The summed E-state index contributed by atoms with van der Waals surface area (Å²) in [5.41, 5.74) is 1.20. The lowest BCUT2D eigenvalue weighted by Crippen LogP contribution is -2.39. The molecule has 1 aromatic heterocycles. The molecular formula is C22H24ClN3O4S2. The molecule has 0 unspecified atom stereocenters. The second-order valence-electron chi connectivity index (χ2n) is 7.67. The van der Waals surface area contributed by atoms with Crippen LogP contribution in [0, 0.1) is 0 Å². The smallest absolute Gasteiger partial charge is 0.260 e. The predicted octanol–water partition coefficient (Wildman–Crippen LogP) is 3.72. The number of carbonyl (C=O) groups excluding carboxylic acids is 1. The molecule has 1 aliphatic heterocycles. The highest BCUT2D eigenvalue weighted by molar-refractivity contribution is 7.90. The predicted molar refractivity (Wildman–Crippen MR) is 128 cm³/mol. The van der Waals surface area contributed by atoms with Gasteiger partial charge in [0.05, 0.1) is 28.3 Å². The van der Waals surface area contributed by atoms with E-state index in [1.54, 1.807) is 23.1 Å². The Balaban J connectivity index is 1.58. The molecule has 0 N–H and O–H groups in total. The molecule has 3 aromatic rings. The summed E-state index contributed by atoms with van der Waals surface area (Å²) in [6.07, 6.45) is 1.93. The second-order valence-corrected chi connectivity index (χ2v) is 11.1. The lowest BCUT2D eigenvalue weighted by molar-refractivity contribution is 0.0376. The number of sulfone groups is 1. The van der Waals surface area contributed by atoms with Gasteiger partial charge in [0.15, 0.2) is 15.0 Å². The van der Waals surface area contributed by atoms with E-state index in [2.05, 4.69) is 9.88 Å². The van der Waals surface area contributed by atoms with E-state index in [1.165, 1.54) is 23.5 Å². The number of anilines is 1. The molecule has 0 spiro atoms. The van der Waals surface area contributed by atoms with Gasteiger partial charge in [-0.2, -0.15) is 0 Å². The number of rotatable bonds is 7. The average Bonchev–Trinajstić information content (AvgIpc) is 3.19.